The van der Waals surface area contributed by atoms with Crippen molar-refractivity contribution in [1.29, 1.82) is 0 Å². The average Bonchev–Trinajstić information content (AvgIpc) is 2.35. The van der Waals surface area contributed by atoms with E-state index in [0.29, 0.717) is 13.0 Å². The van der Waals surface area contributed by atoms with Crippen LogP contribution in [0.3, 0.4) is 0 Å². The lowest BCUT2D eigenvalue weighted by Crippen LogP contribution is -2.12. The number of para-hydroxylation sites is 1. The number of benzene rings is 1. The predicted molar refractivity (Wildman–Crippen MR) is 72.0 cm³/mol. The molecule has 17 heavy (non-hydrogen) atoms. The van der Waals surface area contributed by atoms with Gasteiger partial charge in [-0.15, -0.1) is 0 Å². The Balaban J connectivity index is 2.39. The number of nitrogens with two attached hydrogens (primary N) is 1. The van der Waals surface area contributed by atoms with Gasteiger partial charge in [0.2, 0.25) is 5.91 Å². The van der Waals surface area contributed by atoms with Crippen molar-refractivity contribution >= 4 is 11.6 Å². The van der Waals surface area contributed by atoms with Gasteiger partial charge >= 0.3 is 0 Å². The van der Waals surface area contributed by atoms with Crippen LogP contribution in [0.4, 0.5) is 5.69 Å². The maximum absolute atomic E-state index is 11.7. The zero-order valence-electron chi connectivity index (χ0n) is 10.5. The molecule has 0 aliphatic heterocycles. The molecule has 0 aliphatic carbocycles. The molecule has 0 heterocycles. The molecule has 1 aromatic carbocycles. The van der Waals surface area contributed by atoms with Gasteiger partial charge in [-0.2, -0.15) is 0 Å². The molecule has 3 nitrogen and oxygen atoms in total. The second-order valence-electron chi connectivity index (χ2n) is 4.16. The van der Waals surface area contributed by atoms with Crippen LogP contribution in [0.2, 0.25) is 0 Å². The van der Waals surface area contributed by atoms with E-state index in [1.807, 2.05) is 24.3 Å². The number of unbranched alkanes of at least 4 members (excludes halogenated alkanes) is 2. The molecule has 0 unspecified atom stereocenters. The molecule has 0 saturated heterocycles. The highest BCUT2D eigenvalue weighted by molar-refractivity contribution is 5.91. The topological polar surface area (TPSA) is 55.1 Å². The Labute approximate surface area is 103 Å². The number of aryl methyl sites for hydroxylation is 1. The third kappa shape index (κ3) is 5.00. The normalized spacial score (nSPS) is 10.2. The molecule has 0 aromatic heterocycles. The summed E-state index contributed by atoms with van der Waals surface area (Å²) in [7, 11) is 0. The predicted octanol–water partition coefficient (Wildman–Crippen LogP) is 2.71. The lowest BCUT2D eigenvalue weighted by Gasteiger charge is -2.09. The summed E-state index contributed by atoms with van der Waals surface area (Å²) in [6.07, 6.45) is 4.46. The van der Waals surface area contributed by atoms with Crippen LogP contribution in [0.15, 0.2) is 24.3 Å². The van der Waals surface area contributed by atoms with Crippen LogP contribution in [0, 0.1) is 0 Å². The van der Waals surface area contributed by atoms with E-state index in [4.69, 9.17) is 5.73 Å². The van der Waals surface area contributed by atoms with Gasteiger partial charge in [-0.25, -0.2) is 0 Å². The van der Waals surface area contributed by atoms with Gasteiger partial charge < -0.3 is 11.1 Å². The summed E-state index contributed by atoms with van der Waals surface area (Å²) >= 11 is 0. The Hall–Kier alpha value is -1.35. The molecule has 3 heteroatoms. The fraction of sp³-hybridized carbons (Fsp3) is 0.500. The number of hydrogen-bond acceptors (Lipinski definition) is 2. The Kier molecular flexibility index (Phi) is 6.33. The first-order chi connectivity index (χ1) is 8.27. The second kappa shape index (κ2) is 7.85. The second-order valence-corrected chi connectivity index (χ2v) is 4.16. The van der Waals surface area contributed by atoms with Crippen LogP contribution in [-0.2, 0) is 11.2 Å². The zero-order valence-corrected chi connectivity index (χ0v) is 10.5. The molecule has 0 atom stereocenters. The number of anilines is 1. The lowest BCUT2D eigenvalue weighted by atomic mass is 10.1. The van der Waals surface area contributed by atoms with Crippen molar-refractivity contribution < 1.29 is 4.79 Å². The van der Waals surface area contributed by atoms with Crippen molar-refractivity contribution in [2.45, 2.75) is 39.0 Å². The highest BCUT2D eigenvalue weighted by Crippen LogP contribution is 2.15. The molecular formula is C14H22N2O. The lowest BCUT2D eigenvalue weighted by molar-refractivity contribution is -0.116. The van der Waals surface area contributed by atoms with Gasteiger partial charge in [-0.1, -0.05) is 31.5 Å². The molecule has 1 aromatic rings. The summed E-state index contributed by atoms with van der Waals surface area (Å²) in [4.78, 5) is 11.7. The first kappa shape index (κ1) is 13.7. The SMILES string of the molecule is CCc1ccccc1NC(=O)CCCCCN. The van der Waals surface area contributed by atoms with E-state index in [1.165, 1.54) is 5.56 Å². The van der Waals surface area contributed by atoms with Crippen LogP contribution in [0.1, 0.15) is 38.2 Å². The summed E-state index contributed by atoms with van der Waals surface area (Å²) in [6, 6.07) is 7.94. The van der Waals surface area contributed by atoms with Crippen LogP contribution < -0.4 is 11.1 Å². The minimum atomic E-state index is 0.0999. The van der Waals surface area contributed by atoms with Gasteiger partial charge in [-0.3, -0.25) is 4.79 Å². The van der Waals surface area contributed by atoms with Gasteiger partial charge in [0.05, 0.1) is 0 Å². The number of rotatable bonds is 7. The Morgan fingerprint density at radius 2 is 2.00 bits per heavy atom. The number of carbonyl (C=O) groups is 1. The maximum atomic E-state index is 11.7. The summed E-state index contributed by atoms with van der Waals surface area (Å²) in [5.74, 6) is 0.0999. The van der Waals surface area contributed by atoms with E-state index in [1.54, 1.807) is 0 Å². The molecular weight excluding hydrogens is 212 g/mol. The van der Waals surface area contributed by atoms with Crippen molar-refractivity contribution in [3.05, 3.63) is 29.8 Å². The maximum Gasteiger partial charge on any atom is 0.224 e. The summed E-state index contributed by atoms with van der Waals surface area (Å²) in [5.41, 5.74) is 7.53. The molecule has 0 radical (unpaired) electrons. The quantitative estimate of drug-likeness (QED) is 0.713. The Bertz CT molecular complexity index is 350. The van der Waals surface area contributed by atoms with E-state index in [9.17, 15) is 4.79 Å². The van der Waals surface area contributed by atoms with E-state index in [0.717, 1.165) is 31.4 Å². The van der Waals surface area contributed by atoms with E-state index < -0.39 is 0 Å². The van der Waals surface area contributed by atoms with Gasteiger partial charge in [0.25, 0.3) is 0 Å². The number of nitrogens with one attached hydrogen (secondary N) is 1. The molecule has 0 saturated carbocycles. The van der Waals surface area contributed by atoms with Crippen molar-refractivity contribution in [2.75, 3.05) is 11.9 Å². The summed E-state index contributed by atoms with van der Waals surface area (Å²) in [5, 5.41) is 2.97. The number of carbonyl (C=O) groups excluding carboxylic acids is 1. The van der Waals surface area contributed by atoms with E-state index >= 15 is 0 Å². The molecule has 1 rings (SSSR count). The fourth-order valence-corrected chi connectivity index (χ4v) is 1.77. The van der Waals surface area contributed by atoms with Crippen molar-refractivity contribution in [2.24, 2.45) is 5.73 Å². The van der Waals surface area contributed by atoms with E-state index in [2.05, 4.69) is 12.2 Å². The average molecular weight is 234 g/mol. The molecule has 0 aliphatic rings. The highest BCUT2D eigenvalue weighted by Gasteiger charge is 2.04. The van der Waals surface area contributed by atoms with Gasteiger partial charge in [-0.05, 0) is 37.4 Å². The monoisotopic (exact) mass is 234 g/mol. The summed E-state index contributed by atoms with van der Waals surface area (Å²) in [6.45, 7) is 2.80. The minimum absolute atomic E-state index is 0.0999. The van der Waals surface area contributed by atoms with Crippen molar-refractivity contribution in [3.8, 4) is 0 Å². The third-order valence-electron chi connectivity index (χ3n) is 2.78. The Morgan fingerprint density at radius 1 is 1.24 bits per heavy atom. The molecule has 0 bridgehead atoms. The van der Waals surface area contributed by atoms with Crippen molar-refractivity contribution in [1.82, 2.24) is 0 Å². The highest BCUT2D eigenvalue weighted by atomic mass is 16.1. The third-order valence-corrected chi connectivity index (χ3v) is 2.78. The first-order valence-corrected chi connectivity index (χ1v) is 6.35. The smallest absolute Gasteiger partial charge is 0.224 e. The van der Waals surface area contributed by atoms with Gasteiger partial charge in [0.1, 0.15) is 0 Å². The van der Waals surface area contributed by atoms with Crippen LogP contribution in [0.25, 0.3) is 0 Å². The Morgan fingerprint density at radius 3 is 2.71 bits per heavy atom. The fourth-order valence-electron chi connectivity index (χ4n) is 1.77. The zero-order chi connectivity index (χ0) is 12.5. The van der Waals surface area contributed by atoms with Gasteiger partial charge in [0, 0.05) is 12.1 Å². The molecule has 0 fully saturated rings. The van der Waals surface area contributed by atoms with Crippen molar-refractivity contribution in [3.63, 3.8) is 0 Å². The molecule has 94 valence electrons. The molecule has 3 N–H and O–H groups in total. The van der Waals surface area contributed by atoms with Crippen LogP contribution >= 0.6 is 0 Å². The molecule has 1 amide bonds. The van der Waals surface area contributed by atoms with Crippen LogP contribution in [-0.4, -0.2) is 12.5 Å². The van der Waals surface area contributed by atoms with Gasteiger partial charge in [0.15, 0.2) is 0 Å². The van der Waals surface area contributed by atoms with E-state index in [-0.39, 0.29) is 5.91 Å². The summed E-state index contributed by atoms with van der Waals surface area (Å²) < 4.78 is 0. The van der Waals surface area contributed by atoms with Crippen LogP contribution in [0.5, 0.6) is 0 Å². The molecule has 0 spiro atoms. The standard InChI is InChI=1S/C14H22N2O/c1-2-12-8-5-6-9-13(12)16-14(17)10-4-3-7-11-15/h5-6,8-9H,2-4,7,10-11,15H2,1H3,(H,16,17). The number of amides is 1. The largest absolute Gasteiger partial charge is 0.330 e. The minimum Gasteiger partial charge on any atom is -0.330 e. The number of hydrogen-bond donors (Lipinski definition) is 2. The first-order valence-electron chi connectivity index (χ1n) is 6.35.